The monoisotopic (exact) mass is 347 g/mol. The lowest BCUT2D eigenvalue weighted by Crippen LogP contribution is -3.07. The van der Waals surface area contributed by atoms with Gasteiger partial charge in [0, 0.05) is 31.4 Å². The van der Waals surface area contributed by atoms with Crippen LogP contribution in [0, 0.1) is 0 Å². The summed E-state index contributed by atoms with van der Waals surface area (Å²) >= 11 is 0. The third-order valence-electron chi connectivity index (χ3n) is 4.87. The number of quaternary nitrogens is 1. The summed E-state index contributed by atoms with van der Waals surface area (Å²) in [6, 6.07) is 8.56. The van der Waals surface area contributed by atoms with Crippen molar-refractivity contribution in [1.82, 2.24) is 10.6 Å². The number of nitrogens with zero attached hydrogens (tertiary/aromatic N) is 1. The Morgan fingerprint density at radius 1 is 1.12 bits per heavy atom. The van der Waals surface area contributed by atoms with E-state index < -0.39 is 11.8 Å². The minimum absolute atomic E-state index is 0.0967. The molecule has 1 aliphatic rings. The Hall–Kier alpha value is -2.08. The van der Waals surface area contributed by atoms with Crippen molar-refractivity contribution in [3.63, 3.8) is 0 Å². The third kappa shape index (κ3) is 5.46. The summed E-state index contributed by atoms with van der Waals surface area (Å²) in [5.74, 6) is -1.05. The highest BCUT2D eigenvalue weighted by Crippen LogP contribution is 2.17. The molecule has 0 unspecified atom stereocenters. The molecule has 0 heterocycles. The van der Waals surface area contributed by atoms with Gasteiger partial charge >= 0.3 is 11.8 Å². The van der Waals surface area contributed by atoms with E-state index in [0.29, 0.717) is 6.54 Å². The average Bonchev–Trinajstić information content (AvgIpc) is 3.07. The Balaban J connectivity index is 1.92. The first kappa shape index (κ1) is 19.2. The second kappa shape index (κ2) is 8.85. The zero-order chi connectivity index (χ0) is 18.4. The van der Waals surface area contributed by atoms with Gasteiger partial charge in [0.15, 0.2) is 0 Å². The van der Waals surface area contributed by atoms with Gasteiger partial charge in [0.1, 0.15) is 6.04 Å². The molecule has 0 radical (unpaired) electrons. The van der Waals surface area contributed by atoms with Crippen molar-refractivity contribution < 1.29 is 14.5 Å². The summed E-state index contributed by atoms with van der Waals surface area (Å²) in [6.45, 7) is 0.431. The van der Waals surface area contributed by atoms with Crippen molar-refractivity contribution in [3.05, 3.63) is 29.8 Å². The molecule has 2 rings (SSSR count). The van der Waals surface area contributed by atoms with E-state index in [4.69, 9.17) is 0 Å². The Bertz CT molecular complexity index is 578. The maximum Gasteiger partial charge on any atom is 0.309 e. The van der Waals surface area contributed by atoms with Gasteiger partial charge in [-0.15, -0.1) is 0 Å². The van der Waals surface area contributed by atoms with Crippen molar-refractivity contribution in [1.29, 1.82) is 0 Å². The summed E-state index contributed by atoms with van der Waals surface area (Å²) in [7, 11) is 8.12. The lowest BCUT2D eigenvalue weighted by molar-refractivity contribution is -0.890. The molecule has 6 nitrogen and oxygen atoms in total. The number of benzene rings is 1. The van der Waals surface area contributed by atoms with Crippen LogP contribution in [0.3, 0.4) is 0 Å². The van der Waals surface area contributed by atoms with E-state index in [-0.39, 0.29) is 12.1 Å². The van der Waals surface area contributed by atoms with E-state index in [9.17, 15) is 9.59 Å². The quantitative estimate of drug-likeness (QED) is 0.640. The maximum atomic E-state index is 12.1. The molecule has 138 valence electrons. The molecular formula is C19H31N4O2+. The Morgan fingerprint density at radius 3 is 2.24 bits per heavy atom. The number of anilines is 1. The minimum atomic E-state index is -0.539. The number of hydrogen-bond acceptors (Lipinski definition) is 3. The van der Waals surface area contributed by atoms with E-state index in [1.54, 1.807) is 0 Å². The molecule has 0 aromatic heterocycles. The molecule has 1 aliphatic carbocycles. The van der Waals surface area contributed by atoms with E-state index >= 15 is 0 Å². The Kier molecular flexibility index (Phi) is 6.82. The van der Waals surface area contributed by atoms with Gasteiger partial charge in [-0.2, -0.15) is 0 Å². The smallest absolute Gasteiger partial charge is 0.309 e. The summed E-state index contributed by atoms with van der Waals surface area (Å²) < 4.78 is 0. The van der Waals surface area contributed by atoms with Crippen molar-refractivity contribution in [2.75, 3.05) is 39.6 Å². The summed E-state index contributed by atoms with van der Waals surface area (Å²) in [5, 5.41) is 5.62. The molecule has 0 aliphatic heterocycles. The average molecular weight is 347 g/mol. The largest absolute Gasteiger partial charge is 0.378 e. The normalized spacial score (nSPS) is 15.9. The van der Waals surface area contributed by atoms with Crippen LogP contribution in [0.5, 0.6) is 0 Å². The van der Waals surface area contributed by atoms with Crippen LogP contribution in [0.1, 0.15) is 37.3 Å². The first-order valence-electron chi connectivity index (χ1n) is 9.04. The summed E-state index contributed by atoms with van der Waals surface area (Å²) in [5.41, 5.74) is 2.28. The van der Waals surface area contributed by atoms with Crippen molar-refractivity contribution >= 4 is 17.5 Å². The maximum absolute atomic E-state index is 12.1. The number of likely N-dealkylation sites (N-methyl/N-ethyl adjacent to an activating group) is 1. The highest BCUT2D eigenvalue weighted by Gasteiger charge is 2.24. The molecule has 25 heavy (non-hydrogen) atoms. The van der Waals surface area contributed by atoms with Crippen molar-refractivity contribution in [2.24, 2.45) is 0 Å². The number of hydrogen-bond donors (Lipinski definition) is 3. The number of carbonyl (C=O) groups is 2. The van der Waals surface area contributed by atoms with E-state index in [2.05, 4.69) is 53.9 Å². The molecule has 0 bridgehead atoms. The van der Waals surface area contributed by atoms with Gasteiger partial charge in [-0.1, -0.05) is 25.0 Å². The molecule has 2 amide bonds. The molecule has 1 aromatic rings. The first-order valence-corrected chi connectivity index (χ1v) is 9.04. The zero-order valence-corrected chi connectivity index (χ0v) is 15.8. The minimum Gasteiger partial charge on any atom is -0.378 e. The van der Waals surface area contributed by atoms with Crippen molar-refractivity contribution in [3.8, 4) is 0 Å². The fourth-order valence-corrected chi connectivity index (χ4v) is 3.26. The van der Waals surface area contributed by atoms with Gasteiger partial charge in [-0.05, 0) is 25.0 Å². The predicted octanol–water partition coefficient (Wildman–Crippen LogP) is 0.113. The summed E-state index contributed by atoms with van der Waals surface area (Å²) in [4.78, 5) is 27.4. The van der Waals surface area contributed by atoms with Gasteiger partial charge in [0.25, 0.3) is 0 Å². The van der Waals surface area contributed by atoms with Crippen LogP contribution in [0.15, 0.2) is 24.3 Å². The van der Waals surface area contributed by atoms with Crippen LogP contribution in [0.4, 0.5) is 5.69 Å². The molecule has 1 fully saturated rings. The number of amides is 2. The van der Waals surface area contributed by atoms with Gasteiger partial charge in [-0.25, -0.2) is 0 Å². The highest BCUT2D eigenvalue weighted by atomic mass is 16.2. The predicted molar refractivity (Wildman–Crippen MR) is 99.7 cm³/mol. The molecule has 1 atom stereocenters. The standard InChI is InChI=1S/C19H30N4O2/c1-22(2)16-11-9-14(10-12-16)17(23(3)4)13-20-18(24)19(25)21-15-7-5-6-8-15/h9-12,15,17H,5-8,13H2,1-4H3,(H,20,24)(H,21,25)/p+1/t17-/m0/s1. The second-order valence-electron chi connectivity index (χ2n) is 7.28. The zero-order valence-electron chi connectivity index (χ0n) is 15.8. The fraction of sp³-hybridized carbons (Fsp3) is 0.579. The number of nitrogens with one attached hydrogen (secondary N) is 3. The second-order valence-corrected chi connectivity index (χ2v) is 7.28. The van der Waals surface area contributed by atoms with Crippen LogP contribution < -0.4 is 20.4 Å². The van der Waals surface area contributed by atoms with E-state index in [1.165, 1.54) is 4.90 Å². The number of rotatable bonds is 6. The third-order valence-corrected chi connectivity index (χ3v) is 4.87. The molecule has 0 saturated heterocycles. The first-order chi connectivity index (χ1) is 11.9. The van der Waals surface area contributed by atoms with Crippen molar-refractivity contribution in [2.45, 2.75) is 37.8 Å². The van der Waals surface area contributed by atoms with Crippen LogP contribution >= 0.6 is 0 Å². The van der Waals surface area contributed by atoms with Crippen LogP contribution in [-0.2, 0) is 9.59 Å². The summed E-state index contributed by atoms with van der Waals surface area (Å²) in [6.07, 6.45) is 4.20. The van der Waals surface area contributed by atoms with Gasteiger partial charge in [0.05, 0.1) is 20.6 Å². The molecule has 1 saturated carbocycles. The number of carbonyl (C=O) groups excluding carboxylic acids is 2. The fourth-order valence-electron chi connectivity index (χ4n) is 3.26. The van der Waals surface area contributed by atoms with Gasteiger partial charge < -0.3 is 20.4 Å². The molecular weight excluding hydrogens is 316 g/mol. The Labute approximate surface area is 150 Å². The van der Waals surface area contributed by atoms with Gasteiger partial charge in [-0.3, -0.25) is 9.59 Å². The molecule has 3 N–H and O–H groups in total. The Morgan fingerprint density at radius 2 is 1.72 bits per heavy atom. The van der Waals surface area contributed by atoms with Crippen LogP contribution in [-0.4, -0.2) is 52.6 Å². The SMILES string of the molecule is CN(C)c1ccc([C@H](CNC(=O)C(=O)NC2CCCC2)[NH+](C)C)cc1. The lowest BCUT2D eigenvalue weighted by atomic mass is 10.1. The van der Waals surface area contributed by atoms with E-state index in [0.717, 1.165) is 36.9 Å². The molecule has 0 spiro atoms. The molecule has 1 aromatic carbocycles. The molecule has 6 heteroatoms. The highest BCUT2D eigenvalue weighted by molar-refractivity contribution is 6.35. The van der Waals surface area contributed by atoms with Gasteiger partial charge in [0.2, 0.25) is 0 Å². The van der Waals surface area contributed by atoms with Crippen LogP contribution in [0.25, 0.3) is 0 Å². The topological polar surface area (TPSA) is 65.9 Å². The van der Waals surface area contributed by atoms with E-state index in [1.807, 2.05) is 14.1 Å². The van der Waals surface area contributed by atoms with Crippen LogP contribution in [0.2, 0.25) is 0 Å². The lowest BCUT2D eigenvalue weighted by Gasteiger charge is -2.23.